The third-order valence-electron chi connectivity index (χ3n) is 8.05. The van der Waals surface area contributed by atoms with Crippen molar-refractivity contribution in [1.29, 1.82) is 0 Å². The molecule has 3 fully saturated rings. The Morgan fingerprint density at radius 3 is 2.37 bits per heavy atom. The van der Waals surface area contributed by atoms with E-state index in [0.29, 0.717) is 24.9 Å². The third kappa shape index (κ3) is 4.53. The number of hydrogen-bond donors (Lipinski definition) is 0. The maximum absolute atomic E-state index is 12.9. The molecule has 27 heavy (non-hydrogen) atoms. The molecule has 0 aromatic rings. The van der Waals surface area contributed by atoms with Crippen LogP contribution in [0.1, 0.15) is 86.0 Å². The van der Waals surface area contributed by atoms with E-state index in [1.54, 1.807) is 0 Å². The molecular weight excluding hydrogens is 340 g/mol. The van der Waals surface area contributed by atoms with Crippen LogP contribution in [0.5, 0.6) is 0 Å². The number of ether oxygens (including phenoxy) is 3. The van der Waals surface area contributed by atoms with Crippen LogP contribution in [-0.2, 0) is 19.0 Å². The van der Waals surface area contributed by atoms with Crippen molar-refractivity contribution < 1.29 is 19.0 Å². The zero-order valence-corrected chi connectivity index (χ0v) is 18.0. The summed E-state index contributed by atoms with van der Waals surface area (Å²) in [4.78, 5) is 12.9. The molecule has 0 radical (unpaired) electrons. The molecule has 0 spiro atoms. The Bertz CT molecular complexity index is 497. The highest BCUT2D eigenvalue weighted by Crippen LogP contribution is 2.56. The number of rotatable bonds is 9. The van der Waals surface area contributed by atoms with Crippen LogP contribution >= 0.6 is 0 Å². The predicted molar refractivity (Wildman–Crippen MR) is 106 cm³/mol. The van der Waals surface area contributed by atoms with Crippen molar-refractivity contribution in [3.63, 3.8) is 0 Å². The number of fused-ring (bicyclic) bond motifs is 2. The van der Waals surface area contributed by atoms with E-state index >= 15 is 0 Å². The second kappa shape index (κ2) is 8.82. The van der Waals surface area contributed by atoms with Gasteiger partial charge < -0.3 is 14.2 Å². The minimum atomic E-state index is -0.272. The summed E-state index contributed by atoms with van der Waals surface area (Å²) in [6, 6.07) is 0. The van der Waals surface area contributed by atoms with Crippen LogP contribution in [0.2, 0.25) is 0 Å². The Morgan fingerprint density at radius 2 is 1.81 bits per heavy atom. The van der Waals surface area contributed by atoms with Crippen LogP contribution in [0.4, 0.5) is 0 Å². The minimum absolute atomic E-state index is 0.0732. The standard InChI is InChI=1S/C23H40O4/c1-6-23(10-8-9-11-23)27-22(24)14-21(26-17(5)25-7-2)20-13-18-12-19(20)16(4)15(18)3/h15-21H,6-14H2,1-5H3. The molecule has 3 saturated carbocycles. The van der Waals surface area contributed by atoms with Crippen LogP contribution in [0.25, 0.3) is 0 Å². The largest absolute Gasteiger partial charge is 0.459 e. The lowest BCUT2D eigenvalue weighted by Gasteiger charge is -2.37. The van der Waals surface area contributed by atoms with E-state index in [4.69, 9.17) is 14.2 Å². The average molecular weight is 381 g/mol. The number of carbonyl (C=O) groups is 1. The molecule has 2 bridgehead atoms. The molecule has 0 aromatic heterocycles. The van der Waals surface area contributed by atoms with Crippen molar-refractivity contribution in [3.05, 3.63) is 0 Å². The van der Waals surface area contributed by atoms with E-state index in [1.165, 1.54) is 25.7 Å². The first-order chi connectivity index (χ1) is 12.9. The molecule has 0 aromatic carbocycles. The van der Waals surface area contributed by atoms with Gasteiger partial charge in [0.05, 0.1) is 12.5 Å². The molecule has 0 saturated heterocycles. The van der Waals surface area contributed by atoms with Crippen molar-refractivity contribution in [2.24, 2.45) is 29.6 Å². The van der Waals surface area contributed by atoms with Gasteiger partial charge in [0.15, 0.2) is 6.29 Å². The highest BCUT2D eigenvalue weighted by atomic mass is 16.7. The van der Waals surface area contributed by atoms with E-state index in [1.807, 2.05) is 13.8 Å². The van der Waals surface area contributed by atoms with Gasteiger partial charge in [-0.15, -0.1) is 0 Å². The summed E-state index contributed by atoms with van der Waals surface area (Å²) < 4.78 is 18.0. The van der Waals surface area contributed by atoms with E-state index in [9.17, 15) is 4.79 Å². The van der Waals surface area contributed by atoms with Gasteiger partial charge in [-0.3, -0.25) is 4.79 Å². The fourth-order valence-electron chi connectivity index (χ4n) is 6.24. The normalized spacial score (nSPS) is 36.7. The van der Waals surface area contributed by atoms with E-state index in [0.717, 1.165) is 37.0 Å². The topological polar surface area (TPSA) is 44.8 Å². The fourth-order valence-corrected chi connectivity index (χ4v) is 6.24. The summed E-state index contributed by atoms with van der Waals surface area (Å²) in [6.45, 7) is 11.5. The van der Waals surface area contributed by atoms with E-state index in [-0.39, 0.29) is 24.0 Å². The van der Waals surface area contributed by atoms with Crippen LogP contribution < -0.4 is 0 Å². The zero-order valence-electron chi connectivity index (χ0n) is 18.0. The molecule has 3 aliphatic rings. The van der Waals surface area contributed by atoms with Gasteiger partial charge in [-0.05, 0) is 88.4 Å². The summed E-state index contributed by atoms with van der Waals surface area (Å²) in [6.07, 6.45) is 7.78. The minimum Gasteiger partial charge on any atom is -0.459 e. The first kappa shape index (κ1) is 21.1. The molecule has 0 aliphatic heterocycles. The molecule has 7 atom stereocenters. The van der Waals surface area contributed by atoms with Crippen LogP contribution in [0.3, 0.4) is 0 Å². The van der Waals surface area contributed by atoms with Crippen molar-refractivity contribution in [2.75, 3.05) is 6.61 Å². The first-order valence-corrected chi connectivity index (χ1v) is 11.4. The maximum Gasteiger partial charge on any atom is 0.308 e. The van der Waals surface area contributed by atoms with E-state index in [2.05, 4.69) is 20.8 Å². The van der Waals surface area contributed by atoms with Crippen molar-refractivity contribution in [2.45, 2.75) is 104 Å². The summed E-state index contributed by atoms with van der Waals surface area (Å²) in [5.41, 5.74) is -0.219. The lowest BCUT2D eigenvalue weighted by molar-refractivity contribution is -0.190. The van der Waals surface area contributed by atoms with Crippen molar-refractivity contribution >= 4 is 5.97 Å². The Kier molecular flexibility index (Phi) is 6.89. The highest BCUT2D eigenvalue weighted by molar-refractivity contribution is 5.70. The van der Waals surface area contributed by atoms with Gasteiger partial charge in [-0.1, -0.05) is 20.8 Å². The summed E-state index contributed by atoms with van der Waals surface area (Å²) in [5.74, 6) is 3.36. The van der Waals surface area contributed by atoms with Crippen molar-refractivity contribution in [3.8, 4) is 0 Å². The van der Waals surface area contributed by atoms with Crippen LogP contribution in [-0.4, -0.2) is 30.6 Å². The molecule has 0 heterocycles. The monoisotopic (exact) mass is 380 g/mol. The van der Waals surface area contributed by atoms with Crippen LogP contribution in [0.15, 0.2) is 0 Å². The average Bonchev–Trinajstić information content (AvgIpc) is 3.32. The first-order valence-electron chi connectivity index (χ1n) is 11.4. The van der Waals surface area contributed by atoms with Gasteiger partial charge in [-0.25, -0.2) is 0 Å². The summed E-state index contributed by atoms with van der Waals surface area (Å²) >= 11 is 0. The number of carbonyl (C=O) groups excluding carboxylic acids is 1. The lowest BCUT2D eigenvalue weighted by Crippen LogP contribution is -2.39. The van der Waals surface area contributed by atoms with Crippen LogP contribution in [0, 0.1) is 29.6 Å². The zero-order chi connectivity index (χ0) is 19.6. The second-order valence-corrected chi connectivity index (χ2v) is 9.40. The van der Waals surface area contributed by atoms with Gasteiger partial charge in [-0.2, -0.15) is 0 Å². The van der Waals surface area contributed by atoms with Gasteiger partial charge in [0, 0.05) is 6.61 Å². The molecular formula is C23H40O4. The molecule has 0 amide bonds. The van der Waals surface area contributed by atoms with E-state index < -0.39 is 0 Å². The van der Waals surface area contributed by atoms with Gasteiger partial charge in [0.2, 0.25) is 0 Å². The fraction of sp³-hybridized carbons (Fsp3) is 0.957. The van der Waals surface area contributed by atoms with Gasteiger partial charge in [0.25, 0.3) is 0 Å². The third-order valence-corrected chi connectivity index (χ3v) is 8.05. The molecule has 4 heteroatoms. The second-order valence-electron chi connectivity index (χ2n) is 9.40. The Labute approximate surface area is 165 Å². The molecule has 4 nitrogen and oxygen atoms in total. The Balaban J connectivity index is 1.66. The molecule has 156 valence electrons. The number of hydrogen-bond acceptors (Lipinski definition) is 4. The summed E-state index contributed by atoms with van der Waals surface area (Å²) in [7, 11) is 0. The molecule has 0 N–H and O–H groups in total. The van der Waals surface area contributed by atoms with Gasteiger partial charge in [0.1, 0.15) is 5.60 Å². The molecule has 3 aliphatic carbocycles. The van der Waals surface area contributed by atoms with Gasteiger partial charge >= 0.3 is 5.97 Å². The summed E-state index contributed by atoms with van der Waals surface area (Å²) in [5, 5.41) is 0. The highest BCUT2D eigenvalue weighted by Gasteiger charge is 2.52. The SMILES string of the molecule is CCOC(C)OC(CC(=O)OC1(CC)CCCC1)C1CC2CC1C(C)C2C. The smallest absolute Gasteiger partial charge is 0.308 e. The molecule has 7 unspecified atom stereocenters. The maximum atomic E-state index is 12.9. The lowest BCUT2D eigenvalue weighted by atomic mass is 9.73. The quantitative estimate of drug-likeness (QED) is 0.400. The number of esters is 1. The van der Waals surface area contributed by atoms with Crippen molar-refractivity contribution in [1.82, 2.24) is 0 Å². The Hall–Kier alpha value is -0.610. The predicted octanol–water partition coefficient (Wildman–Crippen LogP) is 5.34. The Morgan fingerprint density at radius 1 is 1.11 bits per heavy atom. The molecule has 3 rings (SSSR count).